The van der Waals surface area contributed by atoms with Crippen molar-refractivity contribution in [1.29, 1.82) is 0 Å². The quantitative estimate of drug-likeness (QED) is 0.509. The SMILES string of the molecule is Cc1c(C)n(-c2ccccc2)c2ncnc(C(=O)c3ccc4c(c3)OCO4)c12. The van der Waals surface area contributed by atoms with Crippen LogP contribution in [0.25, 0.3) is 16.7 Å². The van der Waals surface area contributed by atoms with Crippen LogP contribution in [0.15, 0.2) is 54.9 Å². The number of carbonyl (C=O) groups excluding carboxylic acids is 1. The van der Waals surface area contributed by atoms with E-state index in [-0.39, 0.29) is 12.6 Å². The van der Waals surface area contributed by atoms with Gasteiger partial charge in [0.05, 0.1) is 5.39 Å². The van der Waals surface area contributed by atoms with Crippen LogP contribution in [0.2, 0.25) is 0 Å². The number of hydrogen-bond acceptors (Lipinski definition) is 5. The predicted octanol–water partition coefficient (Wildman–Crippen LogP) is 4.00. The number of hydrogen-bond donors (Lipinski definition) is 0. The van der Waals surface area contributed by atoms with Crippen molar-refractivity contribution in [2.24, 2.45) is 0 Å². The van der Waals surface area contributed by atoms with Gasteiger partial charge in [0.25, 0.3) is 0 Å². The second-order valence-corrected chi connectivity index (χ2v) is 6.70. The molecule has 28 heavy (non-hydrogen) atoms. The van der Waals surface area contributed by atoms with Crippen LogP contribution in [-0.2, 0) is 0 Å². The van der Waals surface area contributed by atoms with E-state index < -0.39 is 0 Å². The fraction of sp³-hybridized carbons (Fsp3) is 0.136. The first-order valence-corrected chi connectivity index (χ1v) is 8.97. The largest absolute Gasteiger partial charge is 0.454 e. The van der Waals surface area contributed by atoms with Gasteiger partial charge in [0.15, 0.2) is 11.5 Å². The van der Waals surface area contributed by atoms with Crippen LogP contribution >= 0.6 is 0 Å². The molecule has 0 unspecified atom stereocenters. The van der Waals surface area contributed by atoms with Crippen LogP contribution < -0.4 is 9.47 Å². The third-order valence-corrected chi connectivity index (χ3v) is 5.16. The van der Waals surface area contributed by atoms with E-state index in [0.29, 0.717) is 22.8 Å². The average molecular weight is 371 g/mol. The van der Waals surface area contributed by atoms with Gasteiger partial charge >= 0.3 is 0 Å². The number of carbonyl (C=O) groups is 1. The van der Waals surface area contributed by atoms with Crippen molar-refractivity contribution in [3.05, 3.63) is 77.4 Å². The molecule has 0 atom stereocenters. The first-order valence-electron chi connectivity index (χ1n) is 8.97. The second-order valence-electron chi connectivity index (χ2n) is 6.70. The molecule has 0 fully saturated rings. The molecule has 0 bridgehead atoms. The summed E-state index contributed by atoms with van der Waals surface area (Å²) in [6.45, 7) is 4.19. The Bertz CT molecular complexity index is 1230. The molecule has 2 aromatic heterocycles. The van der Waals surface area contributed by atoms with E-state index in [1.165, 1.54) is 6.33 Å². The average Bonchev–Trinajstić information content (AvgIpc) is 3.30. The molecule has 1 aliphatic heterocycles. The minimum absolute atomic E-state index is 0.168. The maximum atomic E-state index is 13.3. The van der Waals surface area contributed by atoms with Crippen LogP contribution in [0.3, 0.4) is 0 Å². The summed E-state index contributed by atoms with van der Waals surface area (Å²) in [5, 5.41) is 0.770. The molecule has 5 rings (SSSR count). The van der Waals surface area contributed by atoms with E-state index in [9.17, 15) is 4.79 Å². The molecule has 1 aliphatic rings. The summed E-state index contributed by atoms with van der Waals surface area (Å²) in [5.41, 5.74) is 4.64. The summed E-state index contributed by atoms with van der Waals surface area (Å²) in [7, 11) is 0. The molecule has 0 N–H and O–H groups in total. The van der Waals surface area contributed by atoms with Crippen LogP contribution in [0.5, 0.6) is 11.5 Å². The van der Waals surface area contributed by atoms with Gasteiger partial charge in [-0.15, -0.1) is 0 Å². The fourth-order valence-corrected chi connectivity index (χ4v) is 3.64. The minimum atomic E-state index is -0.168. The lowest BCUT2D eigenvalue weighted by atomic mass is 10.0. The van der Waals surface area contributed by atoms with Gasteiger partial charge in [-0.05, 0) is 49.7 Å². The number of nitrogens with zero attached hydrogens (tertiary/aromatic N) is 3. The van der Waals surface area contributed by atoms with Gasteiger partial charge in [-0.2, -0.15) is 0 Å². The summed E-state index contributed by atoms with van der Waals surface area (Å²) >= 11 is 0. The van der Waals surface area contributed by atoms with Crippen molar-refractivity contribution in [3.63, 3.8) is 0 Å². The first-order chi connectivity index (χ1) is 13.6. The van der Waals surface area contributed by atoms with E-state index in [1.54, 1.807) is 18.2 Å². The number of benzene rings is 2. The summed E-state index contributed by atoms with van der Waals surface area (Å²) < 4.78 is 12.8. The predicted molar refractivity (Wildman–Crippen MR) is 104 cm³/mol. The van der Waals surface area contributed by atoms with Crippen molar-refractivity contribution in [3.8, 4) is 17.2 Å². The molecule has 4 aromatic rings. The smallest absolute Gasteiger partial charge is 0.231 e. The topological polar surface area (TPSA) is 66.2 Å². The lowest BCUT2D eigenvalue weighted by molar-refractivity contribution is 0.103. The third-order valence-electron chi connectivity index (χ3n) is 5.16. The summed E-state index contributed by atoms with van der Waals surface area (Å²) in [6.07, 6.45) is 1.45. The molecule has 0 spiro atoms. The molecule has 0 radical (unpaired) electrons. The van der Waals surface area contributed by atoms with E-state index in [2.05, 4.69) is 14.5 Å². The number of ketones is 1. The van der Waals surface area contributed by atoms with Gasteiger partial charge in [-0.1, -0.05) is 18.2 Å². The van der Waals surface area contributed by atoms with Gasteiger partial charge in [0.2, 0.25) is 12.6 Å². The lowest BCUT2D eigenvalue weighted by Crippen LogP contribution is -2.06. The molecule has 0 amide bonds. The number of rotatable bonds is 3. The molecule has 2 aromatic carbocycles. The highest BCUT2D eigenvalue weighted by Gasteiger charge is 2.23. The number of fused-ring (bicyclic) bond motifs is 2. The lowest BCUT2D eigenvalue weighted by Gasteiger charge is -2.07. The summed E-state index contributed by atoms with van der Waals surface area (Å²) in [6, 6.07) is 15.2. The maximum absolute atomic E-state index is 13.3. The normalized spacial score (nSPS) is 12.5. The van der Waals surface area contributed by atoms with Crippen molar-refractivity contribution in [1.82, 2.24) is 14.5 Å². The van der Waals surface area contributed by atoms with E-state index >= 15 is 0 Å². The summed E-state index contributed by atoms with van der Waals surface area (Å²) in [4.78, 5) is 22.1. The van der Waals surface area contributed by atoms with Crippen LogP contribution in [0, 0.1) is 13.8 Å². The van der Waals surface area contributed by atoms with E-state index in [4.69, 9.17) is 9.47 Å². The molecule has 6 heteroatoms. The monoisotopic (exact) mass is 371 g/mol. The molecule has 138 valence electrons. The van der Waals surface area contributed by atoms with Crippen LogP contribution in [-0.4, -0.2) is 27.1 Å². The molecule has 0 saturated carbocycles. The van der Waals surface area contributed by atoms with Gasteiger partial charge in [0, 0.05) is 16.9 Å². The Morgan fingerprint density at radius 2 is 1.79 bits per heavy atom. The van der Waals surface area contributed by atoms with Crippen molar-refractivity contribution in [2.75, 3.05) is 6.79 Å². The van der Waals surface area contributed by atoms with Crippen LogP contribution in [0.1, 0.15) is 27.3 Å². The Morgan fingerprint density at radius 1 is 1.00 bits per heavy atom. The molecule has 6 nitrogen and oxygen atoms in total. The number of ether oxygens (including phenoxy) is 2. The Morgan fingerprint density at radius 3 is 2.61 bits per heavy atom. The molecular formula is C22H17N3O3. The zero-order chi connectivity index (χ0) is 19.3. The van der Waals surface area contributed by atoms with Gasteiger partial charge in [-0.25, -0.2) is 9.97 Å². The van der Waals surface area contributed by atoms with Gasteiger partial charge in [-0.3, -0.25) is 9.36 Å². The Balaban J connectivity index is 1.70. The molecule has 0 saturated heterocycles. The number of aromatic nitrogens is 3. The van der Waals surface area contributed by atoms with Crippen molar-refractivity contribution >= 4 is 16.8 Å². The standard InChI is InChI=1S/C22H17N3O3/c1-13-14(2)25(16-6-4-3-5-7-16)22-19(13)20(23-11-24-22)21(26)15-8-9-17-18(10-15)28-12-27-17/h3-11H,12H2,1-2H3. The first kappa shape index (κ1) is 16.5. The highest BCUT2D eigenvalue weighted by atomic mass is 16.7. The minimum Gasteiger partial charge on any atom is -0.454 e. The van der Waals surface area contributed by atoms with Crippen molar-refractivity contribution < 1.29 is 14.3 Å². The third kappa shape index (κ3) is 2.38. The molecular weight excluding hydrogens is 354 g/mol. The van der Waals surface area contributed by atoms with E-state index in [0.717, 1.165) is 28.0 Å². The van der Waals surface area contributed by atoms with Gasteiger partial charge in [0.1, 0.15) is 17.7 Å². The zero-order valence-electron chi connectivity index (χ0n) is 15.5. The molecule has 3 heterocycles. The molecule has 0 aliphatic carbocycles. The Labute approximate surface area is 161 Å². The highest BCUT2D eigenvalue weighted by Crippen LogP contribution is 2.34. The Kier molecular flexibility index (Phi) is 3.65. The Hall–Kier alpha value is -3.67. The number of aryl methyl sites for hydroxylation is 1. The van der Waals surface area contributed by atoms with Crippen molar-refractivity contribution in [2.45, 2.75) is 13.8 Å². The van der Waals surface area contributed by atoms with Crippen LogP contribution in [0.4, 0.5) is 0 Å². The second kappa shape index (κ2) is 6.20. The highest BCUT2D eigenvalue weighted by molar-refractivity contribution is 6.15. The van der Waals surface area contributed by atoms with E-state index in [1.807, 2.05) is 44.2 Å². The number of para-hydroxylation sites is 1. The zero-order valence-corrected chi connectivity index (χ0v) is 15.5. The fourth-order valence-electron chi connectivity index (χ4n) is 3.64. The maximum Gasteiger partial charge on any atom is 0.231 e. The van der Waals surface area contributed by atoms with Gasteiger partial charge < -0.3 is 9.47 Å². The summed E-state index contributed by atoms with van der Waals surface area (Å²) in [5.74, 6) is 1.05.